The highest BCUT2D eigenvalue weighted by atomic mass is 19.1. The van der Waals surface area contributed by atoms with Gasteiger partial charge < -0.3 is 74.1 Å². The number of carbonyl (C=O) groups excluding carboxylic acids is 9. The van der Waals surface area contributed by atoms with E-state index < -0.39 is 138 Å². The molecule has 0 aliphatic carbocycles. The fourth-order valence-corrected chi connectivity index (χ4v) is 8.74. The van der Waals surface area contributed by atoms with E-state index in [9.17, 15) is 57.4 Å². The zero-order valence-electron chi connectivity index (χ0n) is 46.7. The van der Waals surface area contributed by atoms with Gasteiger partial charge in [0, 0.05) is 62.5 Å². The predicted molar refractivity (Wildman–Crippen MR) is 295 cm³/mol. The van der Waals surface area contributed by atoms with E-state index in [1.807, 2.05) is 30.3 Å². The third-order valence-electron chi connectivity index (χ3n) is 12.9. The monoisotopic (exact) mass is 1140 g/mol. The summed E-state index contributed by atoms with van der Waals surface area (Å²) in [5.41, 5.74) is 19.1. The first-order valence-electron chi connectivity index (χ1n) is 26.7. The fraction of sp³-hybridized carbons (Fsp3) is 0.527. The number of carboxylic acid groups (broad SMARTS) is 1. The zero-order chi connectivity index (χ0) is 60.6. The van der Waals surface area contributed by atoms with E-state index in [2.05, 4.69) is 37.2 Å². The van der Waals surface area contributed by atoms with E-state index in [1.54, 1.807) is 37.6 Å². The Balaban J connectivity index is 1.98. The van der Waals surface area contributed by atoms with E-state index in [4.69, 9.17) is 22.3 Å². The number of aromatic nitrogens is 1. The Morgan fingerprint density at radius 2 is 1.33 bits per heavy atom. The minimum absolute atomic E-state index is 0.0717. The maximum Gasteiger partial charge on any atom is 0.285 e. The van der Waals surface area contributed by atoms with Crippen molar-refractivity contribution in [2.75, 3.05) is 32.8 Å². The van der Waals surface area contributed by atoms with Gasteiger partial charge in [-0.1, -0.05) is 63.9 Å². The Labute approximate surface area is 469 Å². The second-order valence-electron chi connectivity index (χ2n) is 20.8. The van der Waals surface area contributed by atoms with Crippen LogP contribution in [0.3, 0.4) is 0 Å². The largest absolute Gasteiger partial charge is 0.665 e. The second kappa shape index (κ2) is 33.0. The van der Waals surface area contributed by atoms with Crippen LogP contribution >= 0.6 is 0 Å². The SMILES string of the molecule is CC(=O)N[C@@H](CCCCN)C(=O)N[C@@H](C)C(=O)N[C@@H](C)C(=O)N[C@@H](CC(N)=O)C(=O)N[C@@H](CCN(C(=O)CO)[C@@H](c1cc(-c2cc(F)ccc2F)cn1Cc1ccccc1)C(C)(C)C)C(=O)NCCC(=O)NCCCC[C@H]([NH-])C(=O)O. The maximum atomic E-state index is 15.4. The Bertz CT molecular complexity index is 2650. The first-order valence-corrected chi connectivity index (χ1v) is 26.7. The lowest BCUT2D eigenvalue weighted by atomic mass is 9.82. The highest BCUT2D eigenvalue weighted by molar-refractivity contribution is 5.97. The van der Waals surface area contributed by atoms with Crippen LogP contribution in [0.2, 0.25) is 0 Å². The Hall–Kier alpha value is -7.84. The van der Waals surface area contributed by atoms with Crippen LogP contribution in [-0.2, 0) is 54.5 Å². The van der Waals surface area contributed by atoms with Gasteiger partial charge in [0.25, 0.3) is 5.97 Å². The summed E-state index contributed by atoms with van der Waals surface area (Å²) in [5.74, 6) is -10.1. The van der Waals surface area contributed by atoms with E-state index in [0.717, 1.165) is 23.8 Å². The average molecular weight is 1140 g/mol. The molecule has 446 valence electrons. The standard InChI is InChI=1S/C55H79F2N12O12/c1-32(64-52(78)41(65-34(3)71)17-10-12-22-58)49(75)63-33(2)50(76)67-43(28-45(60)72)53(79)66-42(51(77)62-24-20-46(73)61-23-13-11-16-40(59)54(80)81)21-25-69(47(74)31-70)48(55(4,5)6)44-26-36(38-27-37(56)18-19-39(38)57)30-68(44)29-35-14-8-7-9-15-35/h7-9,14-15,18-19,26-27,30,32-33,40-43,48,59,70H,10-13,16-17,20-25,28-29,31,58H2,1-6H3,(H2,60,72)(H,61,73)(H,62,77)(H,63,75)(H,64,78)(H,65,71)(H,66,79)(H,67,76)(H,80,81)/q-1/t32-,33-,40-,41-,42-,43-,48-/m0/s1. The number of aliphatic carboxylic acids is 1. The van der Waals surface area contributed by atoms with Crippen molar-refractivity contribution in [2.45, 2.75) is 148 Å². The average Bonchev–Trinajstić information content (AvgIpc) is 4.06. The highest BCUT2D eigenvalue weighted by Crippen LogP contribution is 2.41. The summed E-state index contributed by atoms with van der Waals surface area (Å²) in [7, 11) is 0. The number of hydrogen-bond acceptors (Lipinski definition) is 12. The number of halogens is 2. The summed E-state index contributed by atoms with van der Waals surface area (Å²) in [6, 6.07) is 4.41. The molecule has 0 aliphatic rings. The molecule has 0 radical (unpaired) electrons. The van der Waals surface area contributed by atoms with Crippen LogP contribution in [-0.4, -0.2) is 148 Å². The third kappa shape index (κ3) is 22.7. The van der Waals surface area contributed by atoms with Crippen LogP contribution in [0.4, 0.5) is 8.78 Å². The first kappa shape index (κ1) is 67.4. The molecule has 0 saturated carbocycles. The topological polar surface area (TPSA) is 379 Å². The molecule has 0 saturated heterocycles. The van der Waals surface area contributed by atoms with Crippen molar-refractivity contribution in [3.05, 3.63) is 89.4 Å². The van der Waals surface area contributed by atoms with Gasteiger partial charge in [-0.3, -0.25) is 47.9 Å². The molecule has 81 heavy (non-hydrogen) atoms. The number of aliphatic hydroxyl groups excluding tert-OH is 1. The van der Waals surface area contributed by atoms with Crippen molar-refractivity contribution >= 4 is 59.1 Å². The number of nitrogens with two attached hydrogens (primary N) is 2. The van der Waals surface area contributed by atoms with Gasteiger partial charge in [0.05, 0.1) is 12.5 Å². The van der Waals surface area contributed by atoms with Gasteiger partial charge in [-0.25, -0.2) is 8.78 Å². The predicted octanol–water partition coefficient (Wildman–Crippen LogP) is 1.57. The van der Waals surface area contributed by atoms with E-state index in [1.165, 1.54) is 25.7 Å². The van der Waals surface area contributed by atoms with E-state index >= 15 is 4.39 Å². The molecule has 2 aromatic carbocycles. The number of carbonyl (C=O) groups is 10. The molecule has 9 amide bonds. The van der Waals surface area contributed by atoms with Crippen LogP contribution in [0, 0.1) is 17.0 Å². The van der Waals surface area contributed by atoms with Crippen LogP contribution in [0.15, 0.2) is 60.8 Å². The fourth-order valence-electron chi connectivity index (χ4n) is 8.74. The Kier molecular flexibility index (Phi) is 27.5. The molecule has 3 rings (SSSR count). The Morgan fingerprint density at radius 1 is 0.728 bits per heavy atom. The summed E-state index contributed by atoms with van der Waals surface area (Å²) < 4.78 is 31.8. The number of rotatable bonds is 34. The summed E-state index contributed by atoms with van der Waals surface area (Å²) in [4.78, 5) is 132. The molecule has 0 spiro atoms. The second-order valence-corrected chi connectivity index (χ2v) is 20.8. The van der Waals surface area contributed by atoms with Crippen molar-refractivity contribution in [1.82, 2.24) is 46.7 Å². The lowest BCUT2D eigenvalue weighted by molar-refractivity contribution is -0.140. The molecule has 14 N–H and O–H groups in total. The van der Waals surface area contributed by atoms with Crippen LogP contribution in [0.1, 0.15) is 117 Å². The van der Waals surface area contributed by atoms with Crippen LogP contribution < -0.4 is 48.7 Å². The lowest BCUT2D eigenvalue weighted by Gasteiger charge is -2.41. The van der Waals surface area contributed by atoms with Gasteiger partial charge in [0.2, 0.25) is 53.2 Å². The van der Waals surface area contributed by atoms with Crippen LogP contribution in [0.5, 0.6) is 0 Å². The molecular weight excluding hydrogens is 1060 g/mol. The summed E-state index contributed by atoms with van der Waals surface area (Å²) in [6.45, 7) is 8.18. The van der Waals surface area contributed by atoms with E-state index in [-0.39, 0.29) is 56.6 Å². The number of nitrogens with zero attached hydrogens (tertiary/aromatic N) is 2. The van der Waals surface area contributed by atoms with Crippen molar-refractivity contribution in [1.29, 1.82) is 0 Å². The first-order chi connectivity index (χ1) is 38.2. The summed E-state index contributed by atoms with van der Waals surface area (Å²) in [5, 5.41) is 37.0. The van der Waals surface area contributed by atoms with Crippen molar-refractivity contribution in [3.63, 3.8) is 0 Å². The molecule has 0 aliphatic heterocycles. The summed E-state index contributed by atoms with van der Waals surface area (Å²) >= 11 is 0. The molecule has 0 unspecified atom stereocenters. The zero-order valence-corrected chi connectivity index (χ0v) is 46.7. The molecule has 7 atom stereocenters. The number of nitrogens with one attached hydrogen (secondary N) is 8. The maximum absolute atomic E-state index is 15.4. The molecule has 0 fully saturated rings. The molecular formula is C55H79F2N12O12-. The summed E-state index contributed by atoms with van der Waals surface area (Å²) in [6.07, 6.45) is 2.21. The van der Waals surface area contributed by atoms with Gasteiger partial charge in [-0.2, -0.15) is 0 Å². The molecule has 3 aromatic rings. The molecule has 24 nitrogen and oxygen atoms in total. The minimum Gasteiger partial charge on any atom is -0.665 e. The van der Waals surface area contributed by atoms with Crippen LogP contribution in [0.25, 0.3) is 16.9 Å². The number of primary amides is 1. The lowest BCUT2D eigenvalue weighted by Crippen LogP contribution is -2.59. The third-order valence-corrected chi connectivity index (χ3v) is 12.9. The number of carboxylic acids is 1. The molecule has 1 aromatic heterocycles. The number of unbranched alkanes of at least 4 members (excludes halogenated alkanes) is 2. The van der Waals surface area contributed by atoms with Gasteiger partial charge in [-0.15, -0.1) is 0 Å². The highest BCUT2D eigenvalue weighted by Gasteiger charge is 2.39. The smallest absolute Gasteiger partial charge is 0.285 e. The molecule has 1 heterocycles. The van der Waals surface area contributed by atoms with Crippen molar-refractivity contribution in [3.8, 4) is 11.1 Å². The quantitative estimate of drug-likeness (QED) is 0.0379. The van der Waals surface area contributed by atoms with Gasteiger partial charge in [0.1, 0.15) is 48.5 Å². The van der Waals surface area contributed by atoms with E-state index in [0.29, 0.717) is 37.9 Å². The van der Waals surface area contributed by atoms with Gasteiger partial charge in [0.15, 0.2) is 0 Å². The number of hydrogen-bond donors (Lipinski definition) is 11. The van der Waals surface area contributed by atoms with Crippen molar-refractivity contribution in [2.24, 2.45) is 16.9 Å². The number of benzene rings is 2. The Morgan fingerprint density at radius 3 is 1.94 bits per heavy atom. The van der Waals surface area contributed by atoms with Gasteiger partial charge in [-0.05, 0) is 93.8 Å². The van der Waals surface area contributed by atoms with Gasteiger partial charge >= 0.3 is 0 Å². The normalized spacial score (nSPS) is 13.9. The number of amides is 9. The molecule has 26 heteroatoms. The van der Waals surface area contributed by atoms with Crippen molar-refractivity contribution < 1.29 is 66.9 Å². The minimum atomic E-state index is -1.78. The molecule has 0 bridgehead atoms. The number of aliphatic hydroxyl groups is 1.